The molecule has 2 atom stereocenters. The van der Waals surface area contributed by atoms with Gasteiger partial charge in [0.15, 0.2) is 11.5 Å². The van der Waals surface area contributed by atoms with Crippen LogP contribution in [0.3, 0.4) is 0 Å². The van der Waals surface area contributed by atoms with Crippen LogP contribution in [0.4, 0.5) is 0 Å². The second kappa shape index (κ2) is 5.59. The van der Waals surface area contributed by atoms with Gasteiger partial charge in [0.1, 0.15) is 0 Å². The van der Waals surface area contributed by atoms with Gasteiger partial charge in [-0.3, -0.25) is 0 Å². The molecule has 1 aliphatic rings. The normalized spacial score (nSPS) is 16.9. The van der Waals surface area contributed by atoms with Crippen LogP contribution in [0.25, 0.3) is 0 Å². The second-order valence-electron chi connectivity index (χ2n) is 5.03. The Kier molecular flexibility index (Phi) is 4.09. The monoisotopic (exact) mass is 251 g/mol. The van der Waals surface area contributed by atoms with Gasteiger partial charge >= 0.3 is 0 Å². The predicted molar refractivity (Wildman–Crippen MR) is 69.8 cm³/mol. The van der Waals surface area contributed by atoms with E-state index in [0.29, 0.717) is 12.7 Å². The molecule has 2 N–H and O–H groups in total. The average Bonchev–Trinajstić information content (AvgIpc) is 2.82. The number of hydrogen-bond acceptors (Lipinski definition) is 4. The van der Waals surface area contributed by atoms with Crippen LogP contribution in [-0.2, 0) is 0 Å². The van der Waals surface area contributed by atoms with Gasteiger partial charge in [-0.2, -0.15) is 0 Å². The molecule has 1 aromatic carbocycles. The van der Waals surface area contributed by atoms with Crippen LogP contribution in [0.1, 0.15) is 32.4 Å². The minimum Gasteiger partial charge on any atom is -0.454 e. The molecule has 0 aromatic heterocycles. The number of rotatable bonds is 5. The Hall–Kier alpha value is -1.26. The molecule has 0 bridgehead atoms. The summed E-state index contributed by atoms with van der Waals surface area (Å²) >= 11 is 0. The van der Waals surface area contributed by atoms with E-state index >= 15 is 0 Å². The van der Waals surface area contributed by atoms with E-state index in [9.17, 15) is 5.11 Å². The van der Waals surface area contributed by atoms with Crippen molar-refractivity contribution in [2.24, 2.45) is 5.92 Å². The first-order chi connectivity index (χ1) is 8.61. The van der Waals surface area contributed by atoms with Crippen molar-refractivity contribution in [3.05, 3.63) is 23.8 Å². The van der Waals surface area contributed by atoms with Crippen molar-refractivity contribution in [2.45, 2.75) is 32.9 Å². The summed E-state index contributed by atoms with van der Waals surface area (Å²) in [6.07, 6.45) is 0. The van der Waals surface area contributed by atoms with Crippen molar-refractivity contribution in [1.29, 1.82) is 0 Å². The van der Waals surface area contributed by atoms with Gasteiger partial charge in [-0.25, -0.2) is 0 Å². The van der Waals surface area contributed by atoms with Gasteiger partial charge < -0.3 is 19.9 Å². The van der Waals surface area contributed by atoms with E-state index < -0.39 is 0 Å². The van der Waals surface area contributed by atoms with Crippen molar-refractivity contribution in [3.8, 4) is 11.5 Å². The number of fused-ring (bicyclic) bond motifs is 1. The van der Waals surface area contributed by atoms with Crippen LogP contribution < -0.4 is 14.8 Å². The van der Waals surface area contributed by atoms with Crippen molar-refractivity contribution in [1.82, 2.24) is 5.32 Å². The number of ether oxygens (including phenoxy) is 2. The Balaban J connectivity index is 2.06. The highest BCUT2D eigenvalue weighted by molar-refractivity contribution is 5.45. The third kappa shape index (κ3) is 2.76. The van der Waals surface area contributed by atoms with Crippen molar-refractivity contribution >= 4 is 0 Å². The van der Waals surface area contributed by atoms with Crippen LogP contribution in [0, 0.1) is 5.92 Å². The Morgan fingerprint density at radius 2 is 1.94 bits per heavy atom. The molecule has 0 fully saturated rings. The molecule has 4 heteroatoms. The minimum atomic E-state index is 0.102. The summed E-state index contributed by atoms with van der Waals surface area (Å²) in [7, 11) is 0. The Morgan fingerprint density at radius 3 is 2.61 bits per heavy atom. The third-order valence-electron chi connectivity index (χ3n) is 3.36. The van der Waals surface area contributed by atoms with E-state index in [2.05, 4.69) is 26.1 Å². The lowest BCUT2D eigenvalue weighted by Gasteiger charge is -2.25. The standard InChI is InChI=1S/C14H21NO3/c1-9(2)12(7-16)15-10(3)11-4-5-13-14(6-11)18-8-17-13/h4-6,9-10,12,15-16H,7-8H2,1-3H3. The Bertz CT molecular complexity index is 406. The lowest BCUT2D eigenvalue weighted by molar-refractivity contribution is 0.174. The molecule has 1 aromatic rings. The van der Waals surface area contributed by atoms with E-state index in [1.165, 1.54) is 0 Å². The molecule has 2 unspecified atom stereocenters. The number of nitrogens with one attached hydrogen (secondary N) is 1. The van der Waals surface area contributed by atoms with E-state index in [1.807, 2.05) is 18.2 Å². The molecular formula is C14H21NO3. The highest BCUT2D eigenvalue weighted by atomic mass is 16.7. The zero-order valence-electron chi connectivity index (χ0n) is 11.1. The lowest BCUT2D eigenvalue weighted by atomic mass is 10.0. The third-order valence-corrected chi connectivity index (χ3v) is 3.36. The first-order valence-corrected chi connectivity index (χ1v) is 6.38. The smallest absolute Gasteiger partial charge is 0.231 e. The molecule has 1 heterocycles. The molecule has 2 rings (SSSR count). The highest BCUT2D eigenvalue weighted by Crippen LogP contribution is 2.34. The molecular weight excluding hydrogens is 230 g/mol. The maximum absolute atomic E-state index is 9.34. The van der Waals surface area contributed by atoms with Gasteiger partial charge in [0.25, 0.3) is 0 Å². The molecule has 0 saturated carbocycles. The van der Waals surface area contributed by atoms with Gasteiger partial charge in [-0.1, -0.05) is 19.9 Å². The van der Waals surface area contributed by atoms with E-state index in [1.54, 1.807) is 0 Å². The van der Waals surface area contributed by atoms with Crippen LogP contribution in [-0.4, -0.2) is 24.5 Å². The summed E-state index contributed by atoms with van der Waals surface area (Å²) in [5.41, 5.74) is 1.14. The zero-order chi connectivity index (χ0) is 13.1. The predicted octanol–water partition coefficient (Wildman–Crippen LogP) is 2.08. The fraction of sp³-hybridized carbons (Fsp3) is 0.571. The molecule has 4 nitrogen and oxygen atoms in total. The first-order valence-electron chi connectivity index (χ1n) is 6.38. The molecule has 18 heavy (non-hydrogen) atoms. The minimum absolute atomic E-state index is 0.102. The molecule has 0 spiro atoms. The number of benzene rings is 1. The van der Waals surface area contributed by atoms with Crippen LogP contribution in [0.5, 0.6) is 11.5 Å². The maximum Gasteiger partial charge on any atom is 0.231 e. The molecule has 0 radical (unpaired) electrons. The van der Waals surface area contributed by atoms with E-state index in [0.717, 1.165) is 17.1 Å². The topological polar surface area (TPSA) is 50.7 Å². The SMILES string of the molecule is CC(NC(CO)C(C)C)c1ccc2c(c1)OCO2. The van der Waals surface area contributed by atoms with Crippen molar-refractivity contribution < 1.29 is 14.6 Å². The number of aliphatic hydroxyl groups excluding tert-OH is 1. The van der Waals surface area contributed by atoms with Gasteiger partial charge in [0, 0.05) is 12.1 Å². The quantitative estimate of drug-likeness (QED) is 0.841. The molecule has 100 valence electrons. The highest BCUT2D eigenvalue weighted by Gasteiger charge is 2.19. The molecule has 0 amide bonds. The van der Waals surface area contributed by atoms with E-state index in [-0.39, 0.29) is 18.7 Å². The fourth-order valence-electron chi connectivity index (χ4n) is 2.06. The number of aliphatic hydroxyl groups is 1. The molecule has 1 aliphatic heterocycles. The lowest BCUT2D eigenvalue weighted by Crippen LogP contribution is -2.38. The van der Waals surface area contributed by atoms with Gasteiger partial charge in [-0.15, -0.1) is 0 Å². The van der Waals surface area contributed by atoms with Crippen LogP contribution in [0.2, 0.25) is 0 Å². The summed E-state index contributed by atoms with van der Waals surface area (Å²) in [6.45, 7) is 6.72. The number of hydrogen-bond donors (Lipinski definition) is 2. The van der Waals surface area contributed by atoms with Crippen LogP contribution >= 0.6 is 0 Å². The summed E-state index contributed by atoms with van der Waals surface area (Å²) in [5.74, 6) is 1.99. The molecule has 0 aliphatic carbocycles. The zero-order valence-corrected chi connectivity index (χ0v) is 11.1. The van der Waals surface area contributed by atoms with Crippen molar-refractivity contribution in [2.75, 3.05) is 13.4 Å². The Morgan fingerprint density at radius 1 is 1.22 bits per heavy atom. The summed E-state index contributed by atoms with van der Waals surface area (Å²) in [4.78, 5) is 0. The van der Waals surface area contributed by atoms with Crippen LogP contribution in [0.15, 0.2) is 18.2 Å². The van der Waals surface area contributed by atoms with E-state index in [4.69, 9.17) is 9.47 Å². The largest absolute Gasteiger partial charge is 0.454 e. The van der Waals surface area contributed by atoms with Gasteiger partial charge in [0.2, 0.25) is 6.79 Å². The first kappa shape index (κ1) is 13.2. The van der Waals surface area contributed by atoms with Gasteiger partial charge in [-0.05, 0) is 30.5 Å². The summed E-state index contributed by atoms with van der Waals surface area (Å²) in [5, 5.41) is 12.8. The fourth-order valence-corrected chi connectivity index (χ4v) is 2.06. The maximum atomic E-state index is 9.34. The summed E-state index contributed by atoms with van der Waals surface area (Å²) in [6, 6.07) is 6.22. The van der Waals surface area contributed by atoms with Gasteiger partial charge in [0.05, 0.1) is 6.61 Å². The second-order valence-corrected chi connectivity index (χ2v) is 5.03. The summed E-state index contributed by atoms with van der Waals surface area (Å²) < 4.78 is 10.7. The Labute approximate surface area is 108 Å². The molecule has 0 saturated heterocycles. The van der Waals surface area contributed by atoms with Crippen molar-refractivity contribution in [3.63, 3.8) is 0 Å². The average molecular weight is 251 g/mol.